The molecule has 1 N–H and O–H groups in total. The molecular weight excluding hydrogens is 266 g/mol. The molecule has 0 spiro atoms. The number of aliphatic imine (C=N–C) groups is 1. The molecule has 0 amide bonds. The Bertz CT molecular complexity index is 554. The summed E-state index contributed by atoms with van der Waals surface area (Å²) in [6, 6.07) is 6.22. The normalized spacial score (nSPS) is 17.7. The lowest BCUT2D eigenvalue weighted by Gasteiger charge is -2.29. The lowest BCUT2D eigenvalue weighted by atomic mass is 9.84. The number of likely N-dealkylation sites (N-methyl/N-ethyl adjacent to an activating group) is 1. The first-order valence-electron chi connectivity index (χ1n) is 7.46. The quantitative estimate of drug-likeness (QED) is 0.918. The number of fused-ring (bicyclic) bond motifs is 1. The van der Waals surface area contributed by atoms with Crippen LogP contribution in [0.5, 0.6) is 11.5 Å². The predicted molar refractivity (Wildman–Crippen MR) is 83.4 cm³/mol. The SMILES string of the molecule is CN1CCN=C1NCC(C)(C)c1ccc2c(c1)OCCO2. The molecule has 1 aromatic rings. The number of hydrogen-bond acceptors (Lipinski definition) is 5. The smallest absolute Gasteiger partial charge is 0.193 e. The van der Waals surface area contributed by atoms with Gasteiger partial charge in [-0.05, 0) is 17.7 Å². The van der Waals surface area contributed by atoms with Gasteiger partial charge < -0.3 is 19.7 Å². The summed E-state index contributed by atoms with van der Waals surface area (Å²) in [4.78, 5) is 6.62. The lowest BCUT2D eigenvalue weighted by Crippen LogP contribution is -2.42. The molecule has 0 aliphatic carbocycles. The predicted octanol–water partition coefficient (Wildman–Crippen LogP) is 1.63. The Hall–Kier alpha value is -1.91. The van der Waals surface area contributed by atoms with Gasteiger partial charge in [0.15, 0.2) is 17.5 Å². The minimum absolute atomic E-state index is 0.0121. The van der Waals surface area contributed by atoms with Crippen molar-refractivity contribution < 1.29 is 9.47 Å². The third kappa shape index (κ3) is 2.91. The van der Waals surface area contributed by atoms with E-state index >= 15 is 0 Å². The molecule has 1 aromatic carbocycles. The molecule has 0 saturated heterocycles. The summed E-state index contributed by atoms with van der Waals surface area (Å²) in [6.45, 7) is 8.40. The van der Waals surface area contributed by atoms with E-state index in [1.165, 1.54) is 5.56 Å². The number of ether oxygens (including phenoxy) is 2. The topological polar surface area (TPSA) is 46.1 Å². The Kier molecular flexibility index (Phi) is 3.66. The molecule has 0 aromatic heterocycles. The van der Waals surface area contributed by atoms with Crippen molar-refractivity contribution in [1.29, 1.82) is 0 Å². The Morgan fingerprint density at radius 2 is 2.00 bits per heavy atom. The molecule has 5 nitrogen and oxygen atoms in total. The fourth-order valence-electron chi connectivity index (χ4n) is 2.59. The maximum Gasteiger partial charge on any atom is 0.193 e. The second-order valence-electron chi connectivity index (χ2n) is 6.22. The van der Waals surface area contributed by atoms with E-state index in [1.54, 1.807) is 0 Å². The summed E-state index contributed by atoms with van der Waals surface area (Å²) < 4.78 is 11.3. The van der Waals surface area contributed by atoms with E-state index < -0.39 is 0 Å². The van der Waals surface area contributed by atoms with Gasteiger partial charge in [0.05, 0.1) is 6.54 Å². The van der Waals surface area contributed by atoms with E-state index in [9.17, 15) is 0 Å². The fraction of sp³-hybridized carbons (Fsp3) is 0.562. The van der Waals surface area contributed by atoms with Gasteiger partial charge in [-0.2, -0.15) is 0 Å². The van der Waals surface area contributed by atoms with Gasteiger partial charge in [0.25, 0.3) is 0 Å². The zero-order valence-electron chi connectivity index (χ0n) is 13.0. The van der Waals surface area contributed by atoms with E-state index in [4.69, 9.17) is 9.47 Å². The van der Waals surface area contributed by atoms with Crippen LogP contribution >= 0.6 is 0 Å². The van der Waals surface area contributed by atoms with Gasteiger partial charge in [0.1, 0.15) is 13.2 Å². The van der Waals surface area contributed by atoms with Crippen molar-refractivity contribution in [2.45, 2.75) is 19.3 Å². The number of nitrogens with one attached hydrogen (secondary N) is 1. The van der Waals surface area contributed by atoms with Gasteiger partial charge >= 0.3 is 0 Å². The zero-order chi connectivity index (χ0) is 14.9. The molecule has 2 aliphatic rings. The summed E-state index contributed by atoms with van der Waals surface area (Å²) in [5.74, 6) is 2.68. The molecule has 3 rings (SSSR count). The molecule has 0 fully saturated rings. The Balaban J connectivity index is 1.72. The highest BCUT2D eigenvalue weighted by Gasteiger charge is 2.25. The average molecular weight is 289 g/mol. The maximum atomic E-state index is 5.68. The van der Waals surface area contributed by atoms with Crippen molar-refractivity contribution in [3.63, 3.8) is 0 Å². The van der Waals surface area contributed by atoms with Gasteiger partial charge in [0, 0.05) is 25.6 Å². The molecule has 0 atom stereocenters. The second-order valence-corrected chi connectivity index (χ2v) is 6.22. The monoisotopic (exact) mass is 289 g/mol. The first-order valence-corrected chi connectivity index (χ1v) is 7.46. The van der Waals surface area contributed by atoms with Crippen molar-refractivity contribution >= 4 is 5.96 Å². The van der Waals surface area contributed by atoms with Gasteiger partial charge in [-0.1, -0.05) is 19.9 Å². The minimum atomic E-state index is -0.0121. The molecule has 2 heterocycles. The first kappa shape index (κ1) is 14.0. The van der Waals surface area contributed by atoms with Crippen LogP contribution in [-0.4, -0.2) is 50.8 Å². The van der Waals surface area contributed by atoms with Crippen LogP contribution in [0.2, 0.25) is 0 Å². The van der Waals surface area contributed by atoms with Crippen LogP contribution < -0.4 is 14.8 Å². The highest BCUT2D eigenvalue weighted by molar-refractivity contribution is 5.81. The van der Waals surface area contributed by atoms with Gasteiger partial charge in [-0.3, -0.25) is 4.99 Å². The Morgan fingerprint density at radius 3 is 2.71 bits per heavy atom. The Labute approximate surface area is 126 Å². The summed E-state index contributed by atoms with van der Waals surface area (Å²) in [6.07, 6.45) is 0. The molecule has 114 valence electrons. The minimum Gasteiger partial charge on any atom is -0.486 e. The van der Waals surface area contributed by atoms with E-state index in [-0.39, 0.29) is 5.41 Å². The van der Waals surface area contributed by atoms with Crippen LogP contribution in [0, 0.1) is 0 Å². The third-order valence-electron chi connectivity index (χ3n) is 4.07. The number of nitrogens with zero attached hydrogens (tertiary/aromatic N) is 2. The summed E-state index contributed by atoms with van der Waals surface area (Å²) in [5.41, 5.74) is 1.22. The van der Waals surface area contributed by atoms with Gasteiger partial charge in [0.2, 0.25) is 0 Å². The highest BCUT2D eigenvalue weighted by atomic mass is 16.6. The molecule has 2 aliphatic heterocycles. The molecule has 0 radical (unpaired) electrons. The van der Waals surface area contributed by atoms with Crippen LogP contribution in [0.1, 0.15) is 19.4 Å². The standard InChI is InChI=1S/C16H23N3O2/c1-16(2,11-18-15-17-6-7-19(15)3)12-4-5-13-14(10-12)21-9-8-20-13/h4-5,10H,6-9,11H2,1-3H3,(H,17,18). The maximum absolute atomic E-state index is 5.68. The molecule has 21 heavy (non-hydrogen) atoms. The number of rotatable bonds is 3. The van der Waals surface area contributed by atoms with Crippen LogP contribution in [0.15, 0.2) is 23.2 Å². The van der Waals surface area contributed by atoms with Crippen LogP contribution in [-0.2, 0) is 5.41 Å². The number of benzene rings is 1. The summed E-state index contributed by atoms with van der Waals surface area (Å²) >= 11 is 0. The van der Waals surface area contributed by atoms with E-state index in [2.05, 4.69) is 48.2 Å². The number of guanidine groups is 1. The second kappa shape index (κ2) is 5.47. The summed E-state index contributed by atoms with van der Waals surface area (Å²) in [7, 11) is 2.07. The van der Waals surface area contributed by atoms with Crippen molar-refractivity contribution in [2.24, 2.45) is 4.99 Å². The van der Waals surface area contributed by atoms with Crippen molar-refractivity contribution in [2.75, 3.05) is 39.9 Å². The number of hydrogen-bond donors (Lipinski definition) is 1. The molecular formula is C16H23N3O2. The van der Waals surface area contributed by atoms with Crippen molar-refractivity contribution in [3.8, 4) is 11.5 Å². The zero-order valence-corrected chi connectivity index (χ0v) is 13.0. The molecule has 0 bridgehead atoms. The van der Waals surface area contributed by atoms with Crippen molar-refractivity contribution in [1.82, 2.24) is 10.2 Å². The van der Waals surface area contributed by atoms with Gasteiger partial charge in [-0.15, -0.1) is 0 Å². The van der Waals surface area contributed by atoms with Crippen molar-refractivity contribution in [3.05, 3.63) is 23.8 Å². The fourth-order valence-corrected chi connectivity index (χ4v) is 2.59. The largest absolute Gasteiger partial charge is 0.486 e. The van der Waals surface area contributed by atoms with Crippen LogP contribution in [0.25, 0.3) is 0 Å². The van der Waals surface area contributed by atoms with Crippen LogP contribution in [0.3, 0.4) is 0 Å². The van der Waals surface area contributed by atoms with E-state index in [0.717, 1.165) is 37.1 Å². The lowest BCUT2D eigenvalue weighted by molar-refractivity contribution is 0.171. The van der Waals surface area contributed by atoms with Gasteiger partial charge in [-0.25, -0.2) is 0 Å². The Morgan fingerprint density at radius 1 is 1.24 bits per heavy atom. The van der Waals surface area contributed by atoms with E-state index in [0.29, 0.717) is 13.2 Å². The third-order valence-corrected chi connectivity index (χ3v) is 4.07. The average Bonchev–Trinajstić information content (AvgIpc) is 2.90. The summed E-state index contributed by atoms with van der Waals surface area (Å²) in [5, 5.41) is 3.45. The van der Waals surface area contributed by atoms with E-state index in [1.807, 2.05) is 6.07 Å². The van der Waals surface area contributed by atoms with Crippen LogP contribution in [0.4, 0.5) is 0 Å². The molecule has 5 heteroatoms. The molecule has 0 unspecified atom stereocenters. The highest BCUT2D eigenvalue weighted by Crippen LogP contribution is 2.34. The molecule has 0 saturated carbocycles. The first-order chi connectivity index (χ1) is 10.1.